The maximum Gasteiger partial charge on any atom is 0.227 e. The molecule has 0 aliphatic carbocycles. The highest BCUT2D eigenvalue weighted by Crippen LogP contribution is 2.27. The minimum Gasteiger partial charge on any atom is -0.490 e. The van der Waals surface area contributed by atoms with Gasteiger partial charge in [0.15, 0.2) is 11.6 Å². The zero-order valence-corrected chi connectivity index (χ0v) is 20.6. The Bertz CT molecular complexity index is 1130. The average Bonchev–Trinajstić information content (AvgIpc) is 2.83. The van der Waals surface area contributed by atoms with E-state index in [1.165, 1.54) is 22.8 Å². The van der Waals surface area contributed by atoms with E-state index in [1.807, 2.05) is 6.07 Å². The van der Waals surface area contributed by atoms with Gasteiger partial charge in [-0.05, 0) is 69.1 Å². The van der Waals surface area contributed by atoms with Crippen molar-refractivity contribution >= 4 is 11.6 Å². The number of piperazine rings is 1. The molecule has 4 rings (SSSR count). The molecule has 1 fully saturated rings. The Hall–Kier alpha value is -3.03. The number of ether oxygens (including phenoxy) is 1. The predicted molar refractivity (Wildman–Crippen MR) is 135 cm³/mol. The van der Waals surface area contributed by atoms with Gasteiger partial charge in [-0.25, -0.2) is 14.4 Å². The summed E-state index contributed by atoms with van der Waals surface area (Å²) < 4.78 is 20.3. The van der Waals surface area contributed by atoms with Crippen LogP contribution in [0.2, 0.25) is 0 Å². The van der Waals surface area contributed by atoms with Gasteiger partial charge in [0.2, 0.25) is 5.95 Å². The second-order valence-electron chi connectivity index (χ2n) is 9.06. The van der Waals surface area contributed by atoms with Crippen LogP contribution in [0.4, 0.5) is 16.0 Å². The van der Waals surface area contributed by atoms with E-state index >= 15 is 0 Å². The van der Waals surface area contributed by atoms with Gasteiger partial charge in [-0.15, -0.1) is 0 Å². The lowest BCUT2D eigenvalue weighted by Crippen LogP contribution is -2.44. The Morgan fingerprint density at radius 2 is 1.79 bits per heavy atom. The maximum absolute atomic E-state index is 14.6. The Morgan fingerprint density at radius 3 is 2.56 bits per heavy atom. The number of hydrogen-bond donors (Lipinski definition) is 1. The van der Waals surface area contributed by atoms with Gasteiger partial charge in [0.25, 0.3) is 0 Å². The molecule has 1 aromatic heterocycles. The molecule has 0 amide bonds. The van der Waals surface area contributed by atoms with E-state index in [1.54, 1.807) is 18.3 Å². The molecule has 3 aromatic rings. The van der Waals surface area contributed by atoms with Crippen LogP contribution in [0, 0.1) is 26.6 Å². The molecule has 2 heterocycles. The molecular weight excluding hydrogens is 429 g/mol. The normalized spacial score (nSPS) is 14.9. The first kappa shape index (κ1) is 24.1. The first-order valence-corrected chi connectivity index (χ1v) is 11.9. The molecule has 0 bridgehead atoms. The van der Waals surface area contributed by atoms with Crippen LogP contribution in [0.3, 0.4) is 0 Å². The molecule has 6 nitrogen and oxygen atoms in total. The minimum absolute atomic E-state index is 0.268. The summed E-state index contributed by atoms with van der Waals surface area (Å²) in [6.07, 6.45) is 2.59. The highest BCUT2D eigenvalue weighted by Gasteiger charge is 2.14. The van der Waals surface area contributed by atoms with E-state index in [-0.39, 0.29) is 5.75 Å². The number of benzene rings is 2. The highest BCUT2D eigenvalue weighted by molar-refractivity contribution is 5.67. The molecule has 1 aliphatic heterocycles. The van der Waals surface area contributed by atoms with E-state index in [9.17, 15) is 4.39 Å². The lowest BCUT2D eigenvalue weighted by atomic mass is 9.97. The predicted octanol–water partition coefficient (Wildman–Crippen LogP) is 4.97. The van der Waals surface area contributed by atoms with Crippen molar-refractivity contribution in [3.05, 3.63) is 65.1 Å². The molecule has 0 atom stereocenters. The van der Waals surface area contributed by atoms with Crippen molar-refractivity contribution < 1.29 is 9.13 Å². The van der Waals surface area contributed by atoms with Gasteiger partial charge in [-0.3, -0.25) is 0 Å². The fraction of sp³-hybridized carbons (Fsp3) is 0.407. The molecule has 2 aromatic carbocycles. The molecule has 34 heavy (non-hydrogen) atoms. The van der Waals surface area contributed by atoms with Crippen LogP contribution in [0.5, 0.6) is 5.75 Å². The number of nitrogens with one attached hydrogen (secondary N) is 1. The Kier molecular flexibility index (Phi) is 7.75. The van der Waals surface area contributed by atoms with Crippen LogP contribution in [-0.4, -0.2) is 66.1 Å². The van der Waals surface area contributed by atoms with Crippen LogP contribution in [0.25, 0.3) is 11.3 Å². The largest absolute Gasteiger partial charge is 0.490 e. The van der Waals surface area contributed by atoms with E-state index in [0.717, 1.165) is 50.4 Å². The lowest BCUT2D eigenvalue weighted by Gasteiger charge is -2.32. The van der Waals surface area contributed by atoms with Gasteiger partial charge in [0.1, 0.15) is 0 Å². The van der Waals surface area contributed by atoms with Crippen molar-refractivity contribution in [3.8, 4) is 17.0 Å². The third-order valence-corrected chi connectivity index (χ3v) is 6.65. The molecule has 1 N–H and O–H groups in total. The average molecular weight is 464 g/mol. The number of halogens is 1. The van der Waals surface area contributed by atoms with Crippen molar-refractivity contribution in [2.24, 2.45) is 0 Å². The van der Waals surface area contributed by atoms with Gasteiger partial charge < -0.3 is 19.9 Å². The number of anilines is 2. The number of aromatic nitrogens is 2. The van der Waals surface area contributed by atoms with E-state index in [0.29, 0.717) is 18.2 Å². The Morgan fingerprint density at radius 1 is 1.00 bits per heavy atom. The van der Waals surface area contributed by atoms with Crippen molar-refractivity contribution in [3.63, 3.8) is 0 Å². The molecule has 180 valence electrons. The molecule has 0 unspecified atom stereocenters. The smallest absolute Gasteiger partial charge is 0.227 e. The summed E-state index contributed by atoms with van der Waals surface area (Å²) in [6, 6.07) is 10.9. The topological polar surface area (TPSA) is 53.5 Å². The molecule has 7 heteroatoms. The van der Waals surface area contributed by atoms with E-state index in [2.05, 4.69) is 65.0 Å². The fourth-order valence-corrected chi connectivity index (χ4v) is 4.17. The molecule has 0 radical (unpaired) electrons. The monoisotopic (exact) mass is 463 g/mol. The number of likely N-dealkylation sites (N-methyl/N-ethyl adjacent to an activating group) is 1. The first-order chi connectivity index (χ1) is 16.4. The van der Waals surface area contributed by atoms with Crippen LogP contribution in [0.15, 0.2) is 42.6 Å². The summed E-state index contributed by atoms with van der Waals surface area (Å²) >= 11 is 0. The van der Waals surface area contributed by atoms with Crippen molar-refractivity contribution in [1.29, 1.82) is 0 Å². The number of aryl methyl sites for hydroxylation is 1. The highest BCUT2D eigenvalue weighted by atomic mass is 19.1. The fourth-order valence-electron chi connectivity index (χ4n) is 4.17. The van der Waals surface area contributed by atoms with Gasteiger partial charge in [0, 0.05) is 56.2 Å². The zero-order valence-electron chi connectivity index (χ0n) is 20.6. The summed E-state index contributed by atoms with van der Waals surface area (Å²) in [5.41, 5.74) is 6.19. The van der Waals surface area contributed by atoms with Crippen LogP contribution >= 0.6 is 0 Å². The molecular formula is C27H34FN5O. The van der Waals surface area contributed by atoms with E-state index < -0.39 is 5.82 Å². The van der Waals surface area contributed by atoms with Gasteiger partial charge >= 0.3 is 0 Å². The van der Waals surface area contributed by atoms with Crippen molar-refractivity contribution in [2.45, 2.75) is 27.2 Å². The summed E-state index contributed by atoms with van der Waals surface area (Å²) in [5.74, 6) is 0.297. The third kappa shape index (κ3) is 5.90. The minimum atomic E-state index is -0.397. The second-order valence-corrected chi connectivity index (χ2v) is 9.06. The summed E-state index contributed by atoms with van der Waals surface area (Å²) in [6.45, 7) is 12.2. The van der Waals surface area contributed by atoms with Crippen LogP contribution in [-0.2, 0) is 0 Å². The molecule has 1 saturated heterocycles. The van der Waals surface area contributed by atoms with Gasteiger partial charge in [-0.2, -0.15) is 0 Å². The maximum atomic E-state index is 14.6. The first-order valence-electron chi connectivity index (χ1n) is 11.9. The molecule has 0 saturated carbocycles. The van der Waals surface area contributed by atoms with Crippen LogP contribution in [0.1, 0.15) is 23.1 Å². The Labute approximate surface area is 201 Å². The molecule has 0 spiro atoms. The summed E-state index contributed by atoms with van der Waals surface area (Å²) in [4.78, 5) is 13.7. The standard InChI is InChI=1S/C27H34FN5O/c1-19-6-8-23(21(3)20(19)2)25-10-11-29-27(31-25)30-22-7-9-26(24(28)18-22)34-17-5-12-33-15-13-32(4)14-16-33/h6-11,18H,5,12-17H2,1-4H3,(H,29,30,31). The third-order valence-electron chi connectivity index (χ3n) is 6.65. The second kappa shape index (κ2) is 10.9. The molecule has 1 aliphatic rings. The van der Waals surface area contributed by atoms with Crippen LogP contribution < -0.4 is 10.1 Å². The summed E-state index contributed by atoms with van der Waals surface area (Å²) in [5, 5.41) is 3.11. The van der Waals surface area contributed by atoms with Gasteiger partial charge in [0.05, 0.1) is 12.3 Å². The quantitative estimate of drug-likeness (QED) is 0.476. The lowest BCUT2D eigenvalue weighted by molar-refractivity contribution is 0.145. The van der Waals surface area contributed by atoms with E-state index in [4.69, 9.17) is 4.74 Å². The summed E-state index contributed by atoms with van der Waals surface area (Å²) in [7, 11) is 2.15. The number of nitrogens with zero attached hydrogens (tertiary/aromatic N) is 4. The Balaban J connectivity index is 1.35. The SMILES string of the molecule is Cc1ccc(-c2ccnc(Nc3ccc(OCCCN4CCN(C)CC4)c(F)c3)n2)c(C)c1C. The van der Waals surface area contributed by atoms with Crippen molar-refractivity contribution in [1.82, 2.24) is 19.8 Å². The number of hydrogen-bond acceptors (Lipinski definition) is 6. The zero-order chi connectivity index (χ0) is 24.1. The number of rotatable bonds is 8. The van der Waals surface area contributed by atoms with Crippen molar-refractivity contribution in [2.75, 3.05) is 51.7 Å². The van der Waals surface area contributed by atoms with Gasteiger partial charge in [-0.1, -0.05) is 12.1 Å².